The Morgan fingerprint density at radius 1 is 1.47 bits per heavy atom. The van der Waals surface area contributed by atoms with Crippen LogP contribution in [-0.4, -0.2) is 35.2 Å². The lowest BCUT2D eigenvalue weighted by atomic mass is 10.1. The number of amides is 2. The van der Waals surface area contributed by atoms with Gasteiger partial charge in [0.1, 0.15) is 0 Å². The second kappa shape index (κ2) is 5.68. The molecule has 0 aliphatic carbocycles. The number of para-hydroxylation sites is 1. The molecule has 0 aliphatic heterocycles. The van der Waals surface area contributed by atoms with Crippen LogP contribution in [-0.2, 0) is 0 Å². The Morgan fingerprint density at radius 2 is 2.06 bits per heavy atom. The van der Waals surface area contributed by atoms with Gasteiger partial charge in [-0.25, -0.2) is 4.79 Å². The van der Waals surface area contributed by atoms with E-state index in [1.165, 1.54) is 4.90 Å². The van der Waals surface area contributed by atoms with Crippen LogP contribution in [0.5, 0.6) is 0 Å². The third-order valence-corrected chi connectivity index (χ3v) is 3.03. The number of nitrogens with zero attached hydrogens (tertiary/aromatic N) is 1. The molecule has 1 aromatic carbocycles. The average molecular weight is 348 g/mol. The van der Waals surface area contributed by atoms with Crippen LogP contribution in [0.25, 0.3) is 0 Å². The number of aliphatic hydroxyl groups is 1. The first-order valence-corrected chi connectivity index (χ1v) is 6.36. The molecule has 2 amide bonds. The lowest BCUT2D eigenvalue weighted by Crippen LogP contribution is -2.41. The molecule has 0 spiro atoms. The van der Waals surface area contributed by atoms with E-state index in [4.69, 9.17) is 0 Å². The standard InChI is InChI=1S/C12H17IN2O2/c1-12(2,17)8-15(3)11(16)14-10-7-5-4-6-9(10)13/h4-7,17H,8H2,1-3H3,(H,14,16). The maximum Gasteiger partial charge on any atom is 0.321 e. The van der Waals surface area contributed by atoms with Crippen LogP contribution in [0.3, 0.4) is 0 Å². The molecule has 4 nitrogen and oxygen atoms in total. The van der Waals surface area contributed by atoms with Crippen molar-refractivity contribution in [3.05, 3.63) is 27.8 Å². The van der Waals surface area contributed by atoms with Crippen LogP contribution in [0.4, 0.5) is 10.5 Å². The average Bonchev–Trinajstić information content (AvgIpc) is 2.18. The van der Waals surface area contributed by atoms with Gasteiger partial charge in [-0.05, 0) is 48.6 Å². The molecule has 94 valence electrons. The summed E-state index contributed by atoms with van der Waals surface area (Å²) in [5.41, 5.74) is -0.115. The maximum atomic E-state index is 11.8. The Labute approximate surface area is 115 Å². The Morgan fingerprint density at radius 3 is 2.59 bits per heavy atom. The number of halogens is 1. The topological polar surface area (TPSA) is 52.6 Å². The number of hydrogen-bond acceptors (Lipinski definition) is 2. The normalized spacial score (nSPS) is 11.1. The predicted octanol–water partition coefficient (Wildman–Crippen LogP) is 2.53. The second-order valence-corrected chi connectivity index (χ2v) is 5.74. The Hall–Kier alpha value is -0.820. The zero-order chi connectivity index (χ0) is 13.1. The molecule has 0 saturated heterocycles. The molecule has 0 unspecified atom stereocenters. The van der Waals surface area contributed by atoms with E-state index < -0.39 is 5.60 Å². The van der Waals surface area contributed by atoms with Crippen LogP contribution >= 0.6 is 22.6 Å². The summed E-state index contributed by atoms with van der Waals surface area (Å²) in [5.74, 6) is 0. The highest BCUT2D eigenvalue weighted by Crippen LogP contribution is 2.17. The molecule has 17 heavy (non-hydrogen) atoms. The maximum absolute atomic E-state index is 11.8. The van der Waals surface area contributed by atoms with Gasteiger partial charge in [0.05, 0.1) is 17.8 Å². The van der Waals surface area contributed by atoms with Gasteiger partial charge in [-0.1, -0.05) is 12.1 Å². The lowest BCUT2D eigenvalue weighted by molar-refractivity contribution is 0.0550. The number of rotatable bonds is 3. The van der Waals surface area contributed by atoms with E-state index in [0.29, 0.717) is 0 Å². The predicted molar refractivity (Wildman–Crippen MR) is 77.1 cm³/mol. The van der Waals surface area contributed by atoms with E-state index in [1.807, 2.05) is 24.3 Å². The Balaban J connectivity index is 2.64. The minimum atomic E-state index is -0.893. The van der Waals surface area contributed by atoms with Gasteiger partial charge in [-0.15, -0.1) is 0 Å². The second-order valence-electron chi connectivity index (χ2n) is 4.58. The molecule has 0 aliphatic rings. The summed E-state index contributed by atoms with van der Waals surface area (Å²) in [6.07, 6.45) is 0. The van der Waals surface area contributed by atoms with Crippen molar-refractivity contribution in [1.29, 1.82) is 0 Å². The summed E-state index contributed by atoms with van der Waals surface area (Å²) in [6.45, 7) is 3.62. The highest BCUT2D eigenvalue weighted by atomic mass is 127. The zero-order valence-electron chi connectivity index (χ0n) is 10.2. The van der Waals surface area contributed by atoms with Gasteiger partial charge in [0.2, 0.25) is 0 Å². The SMILES string of the molecule is CN(CC(C)(C)O)C(=O)Nc1ccccc1I. The lowest BCUT2D eigenvalue weighted by Gasteiger charge is -2.25. The van der Waals surface area contributed by atoms with E-state index in [2.05, 4.69) is 27.9 Å². The van der Waals surface area contributed by atoms with Crippen molar-refractivity contribution in [2.45, 2.75) is 19.4 Å². The van der Waals surface area contributed by atoms with Gasteiger partial charge >= 0.3 is 6.03 Å². The monoisotopic (exact) mass is 348 g/mol. The van der Waals surface area contributed by atoms with Crippen LogP contribution in [0, 0.1) is 3.57 Å². The molecule has 0 atom stereocenters. The van der Waals surface area contributed by atoms with E-state index in [-0.39, 0.29) is 12.6 Å². The van der Waals surface area contributed by atoms with Gasteiger partial charge in [0, 0.05) is 10.6 Å². The first kappa shape index (κ1) is 14.2. The Kier molecular flexibility index (Phi) is 4.76. The molecular weight excluding hydrogens is 331 g/mol. The summed E-state index contributed by atoms with van der Waals surface area (Å²) in [4.78, 5) is 13.3. The van der Waals surface area contributed by atoms with Crippen LogP contribution in [0.15, 0.2) is 24.3 Å². The van der Waals surface area contributed by atoms with Crippen molar-refractivity contribution in [1.82, 2.24) is 4.90 Å². The number of likely N-dealkylation sites (N-methyl/N-ethyl adjacent to an activating group) is 1. The first-order chi connectivity index (χ1) is 7.79. The smallest absolute Gasteiger partial charge is 0.321 e. The minimum Gasteiger partial charge on any atom is -0.389 e. The van der Waals surface area contributed by atoms with E-state index in [9.17, 15) is 9.90 Å². The highest BCUT2D eigenvalue weighted by molar-refractivity contribution is 14.1. The van der Waals surface area contributed by atoms with Crippen molar-refractivity contribution in [2.75, 3.05) is 18.9 Å². The van der Waals surface area contributed by atoms with Crippen molar-refractivity contribution in [3.8, 4) is 0 Å². The van der Waals surface area contributed by atoms with Gasteiger partial charge in [0.15, 0.2) is 0 Å². The van der Waals surface area contributed by atoms with Crippen LogP contribution in [0.1, 0.15) is 13.8 Å². The van der Waals surface area contributed by atoms with Gasteiger partial charge < -0.3 is 15.3 Å². The summed E-state index contributed by atoms with van der Waals surface area (Å²) < 4.78 is 0.982. The van der Waals surface area contributed by atoms with Gasteiger partial charge in [-0.3, -0.25) is 0 Å². The molecule has 1 aromatic rings. The summed E-state index contributed by atoms with van der Waals surface area (Å²) in [7, 11) is 1.66. The minimum absolute atomic E-state index is 0.226. The molecule has 0 bridgehead atoms. The first-order valence-electron chi connectivity index (χ1n) is 5.28. The van der Waals surface area contributed by atoms with Crippen molar-refractivity contribution >= 4 is 34.3 Å². The number of carbonyl (C=O) groups excluding carboxylic acids is 1. The molecule has 0 radical (unpaired) electrons. The largest absolute Gasteiger partial charge is 0.389 e. The molecule has 5 heteroatoms. The third-order valence-electron chi connectivity index (χ3n) is 2.09. The van der Waals surface area contributed by atoms with Gasteiger partial charge in [-0.2, -0.15) is 0 Å². The Bertz CT molecular complexity index is 402. The number of urea groups is 1. The van der Waals surface area contributed by atoms with E-state index >= 15 is 0 Å². The number of nitrogens with one attached hydrogen (secondary N) is 1. The number of benzene rings is 1. The summed E-state index contributed by atoms with van der Waals surface area (Å²) in [5, 5.41) is 12.4. The summed E-state index contributed by atoms with van der Waals surface area (Å²) >= 11 is 2.16. The molecule has 2 N–H and O–H groups in total. The fourth-order valence-corrected chi connectivity index (χ4v) is 1.95. The van der Waals surface area contributed by atoms with Crippen LogP contribution < -0.4 is 5.32 Å². The molecule has 0 heterocycles. The number of carbonyl (C=O) groups is 1. The quantitative estimate of drug-likeness (QED) is 0.825. The fraction of sp³-hybridized carbons (Fsp3) is 0.417. The zero-order valence-corrected chi connectivity index (χ0v) is 12.4. The molecule has 0 saturated carbocycles. The molecule has 0 fully saturated rings. The van der Waals surface area contributed by atoms with Crippen molar-refractivity contribution in [2.24, 2.45) is 0 Å². The van der Waals surface area contributed by atoms with E-state index in [1.54, 1.807) is 20.9 Å². The molecular formula is C12H17IN2O2. The molecule has 0 aromatic heterocycles. The van der Waals surface area contributed by atoms with Crippen molar-refractivity contribution in [3.63, 3.8) is 0 Å². The van der Waals surface area contributed by atoms with Crippen LogP contribution in [0.2, 0.25) is 0 Å². The third kappa shape index (κ3) is 4.91. The summed E-state index contributed by atoms with van der Waals surface area (Å²) in [6, 6.07) is 7.33. The number of hydrogen-bond donors (Lipinski definition) is 2. The van der Waals surface area contributed by atoms with E-state index in [0.717, 1.165) is 9.26 Å². The van der Waals surface area contributed by atoms with Gasteiger partial charge in [0.25, 0.3) is 0 Å². The number of anilines is 1. The van der Waals surface area contributed by atoms with Crippen molar-refractivity contribution < 1.29 is 9.90 Å². The highest BCUT2D eigenvalue weighted by Gasteiger charge is 2.19. The molecule has 1 rings (SSSR count). The fourth-order valence-electron chi connectivity index (χ4n) is 1.43.